The minimum Gasteiger partial charge on any atom is -0.103 e. The first-order valence-electron chi connectivity index (χ1n) is 5.17. The Bertz CT molecular complexity index is 121. The van der Waals surface area contributed by atoms with Crippen molar-refractivity contribution >= 4 is 6.71 Å². The Hall–Kier alpha value is -0.715. The molecule has 0 atom stereocenters. The van der Waals surface area contributed by atoms with Gasteiger partial charge < -0.3 is 0 Å². The Labute approximate surface area is 83.5 Å². The summed E-state index contributed by atoms with van der Waals surface area (Å²) in [6.45, 7) is 12.1. The van der Waals surface area contributed by atoms with E-state index in [4.69, 9.17) is 0 Å². The molecular weight excluding hydrogens is 155 g/mol. The summed E-state index contributed by atoms with van der Waals surface area (Å²) in [4.78, 5) is 0. The molecule has 72 valence electrons. The van der Waals surface area contributed by atoms with E-state index < -0.39 is 0 Å². The zero-order valence-electron chi connectivity index (χ0n) is 8.67. The van der Waals surface area contributed by atoms with Gasteiger partial charge in [-0.3, -0.25) is 0 Å². The highest BCUT2D eigenvalue weighted by atomic mass is 13.8. The molecule has 0 aromatic rings. The van der Waals surface area contributed by atoms with Crippen LogP contribution in [0.5, 0.6) is 0 Å². The predicted molar refractivity (Wildman–Crippen MR) is 64.6 cm³/mol. The first-order valence-corrected chi connectivity index (χ1v) is 5.17. The summed E-state index contributed by atoms with van der Waals surface area (Å²) in [5, 5.41) is 0. The van der Waals surface area contributed by atoms with Gasteiger partial charge in [-0.05, 0) is 19.3 Å². The lowest BCUT2D eigenvalue weighted by atomic mass is 9.41. The molecule has 0 rings (SSSR count). The second kappa shape index (κ2) is 9.37. The van der Waals surface area contributed by atoms with Gasteiger partial charge in [-0.25, -0.2) is 0 Å². The Morgan fingerprint density at radius 1 is 0.692 bits per heavy atom. The summed E-state index contributed by atoms with van der Waals surface area (Å²) in [5.41, 5.74) is 0. The molecule has 0 unspecified atom stereocenters. The predicted octanol–water partition coefficient (Wildman–Crippen LogP) is 4.21. The molecule has 0 aromatic heterocycles. The van der Waals surface area contributed by atoms with Crippen LogP contribution in [0, 0.1) is 0 Å². The van der Waals surface area contributed by atoms with Gasteiger partial charge in [0.2, 0.25) is 0 Å². The number of rotatable bonds is 9. The molecule has 0 N–H and O–H groups in total. The van der Waals surface area contributed by atoms with Crippen LogP contribution in [0.4, 0.5) is 0 Å². The topological polar surface area (TPSA) is 0 Å². The number of hydrogen-bond acceptors (Lipinski definition) is 0. The molecule has 0 fully saturated rings. The first-order chi connectivity index (χ1) is 6.35. The second-order valence-electron chi connectivity index (χ2n) is 3.46. The molecule has 1 heteroatoms. The third-order valence-corrected chi connectivity index (χ3v) is 2.34. The van der Waals surface area contributed by atoms with Crippen molar-refractivity contribution in [2.45, 2.75) is 38.2 Å². The van der Waals surface area contributed by atoms with Gasteiger partial charge >= 0.3 is 0 Å². The van der Waals surface area contributed by atoms with E-state index in [0.717, 1.165) is 26.0 Å². The van der Waals surface area contributed by atoms with Crippen LogP contribution in [-0.4, -0.2) is 6.71 Å². The minimum atomic E-state index is 0.828. The Morgan fingerprint density at radius 2 is 1.00 bits per heavy atom. The van der Waals surface area contributed by atoms with E-state index in [0.29, 0.717) is 0 Å². The van der Waals surface area contributed by atoms with Crippen LogP contribution in [0.1, 0.15) is 19.3 Å². The molecule has 13 heavy (non-hydrogen) atoms. The molecule has 0 saturated heterocycles. The van der Waals surface area contributed by atoms with E-state index >= 15 is 0 Å². The monoisotopic (exact) mass is 176 g/mol. The van der Waals surface area contributed by atoms with E-state index in [1.165, 1.54) is 19.0 Å². The van der Waals surface area contributed by atoms with Gasteiger partial charge in [-0.2, -0.15) is 0 Å². The van der Waals surface area contributed by atoms with E-state index in [9.17, 15) is 0 Å². The van der Waals surface area contributed by atoms with Crippen molar-refractivity contribution < 1.29 is 0 Å². The molecule has 0 aliphatic carbocycles. The molecule has 0 bridgehead atoms. The quantitative estimate of drug-likeness (QED) is 0.364. The van der Waals surface area contributed by atoms with Crippen molar-refractivity contribution in [3.63, 3.8) is 0 Å². The lowest BCUT2D eigenvalue weighted by molar-refractivity contribution is 1.06. The smallest absolute Gasteiger partial charge is 0.103 e. The van der Waals surface area contributed by atoms with Gasteiger partial charge in [0.25, 0.3) is 0 Å². The van der Waals surface area contributed by atoms with Gasteiger partial charge in [-0.15, -0.1) is 19.7 Å². The van der Waals surface area contributed by atoms with Gasteiger partial charge in [0.1, 0.15) is 6.71 Å². The fraction of sp³-hybridized carbons (Fsp3) is 0.500. The van der Waals surface area contributed by atoms with E-state index in [2.05, 4.69) is 19.7 Å². The van der Waals surface area contributed by atoms with Crippen molar-refractivity contribution in [1.82, 2.24) is 0 Å². The third-order valence-electron chi connectivity index (χ3n) is 2.34. The zero-order chi connectivity index (χ0) is 9.94. The maximum atomic E-state index is 3.75. The zero-order valence-corrected chi connectivity index (χ0v) is 8.67. The van der Waals surface area contributed by atoms with E-state index in [1.54, 1.807) is 0 Å². The van der Waals surface area contributed by atoms with E-state index in [-0.39, 0.29) is 0 Å². The fourth-order valence-corrected chi connectivity index (χ4v) is 1.49. The summed E-state index contributed by atoms with van der Waals surface area (Å²) in [7, 11) is 0. The van der Waals surface area contributed by atoms with Gasteiger partial charge in [0.15, 0.2) is 0 Å². The number of hydrogen-bond donors (Lipinski definition) is 0. The lowest BCUT2D eigenvalue weighted by Crippen LogP contribution is -2.10. The molecule has 0 saturated carbocycles. The fourth-order valence-electron chi connectivity index (χ4n) is 1.49. The van der Waals surface area contributed by atoms with Crippen molar-refractivity contribution in [3.05, 3.63) is 38.0 Å². The lowest BCUT2D eigenvalue weighted by Gasteiger charge is -2.09. The van der Waals surface area contributed by atoms with Crippen LogP contribution in [0.25, 0.3) is 0 Å². The standard InChI is InChI=1S/C12H21B/c1-4-7-10-13(11-8-5-2)12-9-6-3/h4-6H,1-3,7-12H2. The Morgan fingerprint density at radius 3 is 1.23 bits per heavy atom. The van der Waals surface area contributed by atoms with Crippen LogP contribution in [0.15, 0.2) is 38.0 Å². The Kier molecular flexibility index (Phi) is 8.86. The molecule has 0 aliphatic heterocycles. The highest BCUT2D eigenvalue weighted by molar-refractivity contribution is 6.58. The molecule has 0 heterocycles. The normalized spacial score (nSPS) is 9.23. The van der Waals surface area contributed by atoms with Gasteiger partial charge in [0, 0.05) is 0 Å². The summed E-state index contributed by atoms with van der Waals surface area (Å²) in [5.74, 6) is 0. The minimum absolute atomic E-state index is 0.828. The first kappa shape index (κ1) is 12.3. The molecule has 0 aliphatic rings. The van der Waals surface area contributed by atoms with E-state index in [1.807, 2.05) is 18.2 Å². The van der Waals surface area contributed by atoms with Crippen LogP contribution in [0.3, 0.4) is 0 Å². The van der Waals surface area contributed by atoms with Crippen molar-refractivity contribution in [1.29, 1.82) is 0 Å². The van der Waals surface area contributed by atoms with Crippen LogP contribution in [0.2, 0.25) is 19.0 Å². The average molecular weight is 176 g/mol. The average Bonchev–Trinajstić information content (AvgIpc) is 2.17. The Balaban J connectivity index is 3.64. The summed E-state index contributed by atoms with van der Waals surface area (Å²) >= 11 is 0. The summed E-state index contributed by atoms with van der Waals surface area (Å²) in [6, 6.07) is 0. The maximum absolute atomic E-state index is 3.75. The van der Waals surface area contributed by atoms with Crippen molar-refractivity contribution in [2.75, 3.05) is 0 Å². The van der Waals surface area contributed by atoms with Crippen LogP contribution in [-0.2, 0) is 0 Å². The molecule has 0 spiro atoms. The second-order valence-corrected chi connectivity index (χ2v) is 3.46. The molecule has 0 radical (unpaired) electrons. The highest BCUT2D eigenvalue weighted by Gasteiger charge is 2.09. The summed E-state index contributed by atoms with van der Waals surface area (Å²) in [6.07, 6.45) is 13.2. The number of allylic oxidation sites excluding steroid dienone is 3. The van der Waals surface area contributed by atoms with Crippen LogP contribution >= 0.6 is 0 Å². The van der Waals surface area contributed by atoms with Gasteiger partial charge in [0.05, 0.1) is 0 Å². The highest BCUT2D eigenvalue weighted by Crippen LogP contribution is 2.13. The van der Waals surface area contributed by atoms with Crippen molar-refractivity contribution in [2.24, 2.45) is 0 Å². The largest absolute Gasteiger partial charge is 0.140 e. The maximum Gasteiger partial charge on any atom is 0.140 e. The summed E-state index contributed by atoms with van der Waals surface area (Å²) < 4.78 is 0. The van der Waals surface area contributed by atoms with Gasteiger partial charge in [-0.1, -0.05) is 37.2 Å². The molecular formula is C12H21B. The molecule has 0 aromatic carbocycles. The third kappa shape index (κ3) is 7.64. The molecule has 0 nitrogen and oxygen atoms in total. The van der Waals surface area contributed by atoms with Crippen LogP contribution < -0.4 is 0 Å². The van der Waals surface area contributed by atoms with Crippen molar-refractivity contribution in [3.8, 4) is 0 Å². The molecule has 0 amide bonds. The SMILES string of the molecule is C=CCCB(CCC=C)CCC=C.